The smallest absolute Gasteiger partial charge is 0.238 e. The second-order valence-corrected chi connectivity index (χ2v) is 15.5. The van der Waals surface area contributed by atoms with Crippen molar-refractivity contribution in [3.63, 3.8) is 0 Å². The van der Waals surface area contributed by atoms with Gasteiger partial charge in [-0.05, 0) is 62.6 Å². The van der Waals surface area contributed by atoms with Crippen LogP contribution in [0.4, 0.5) is 0 Å². The summed E-state index contributed by atoms with van der Waals surface area (Å²) < 4.78 is 4.84. The van der Waals surface area contributed by atoms with Crippen LogP contribution < -0.4 is 0 Å². The predicted molar refractivity (Wildman–Crippen MR) is 236 cm³/mol. The first-order valence-corrected chi connectivity index (χ1v) is 19.7. The minimum absolute atomic E-state index is 0.581. The van der Waals surface area contributed by atoms with Crippen molar-refractivity contribution >= 4 is 85.6 Å². The van der Waals surface area contributed by atoms with E-state index in [1.807, 2.05) is 11.3 Å². The molecular formula is C51H30N4S. The number of nitrogens with zero attached hydrogens (tertiary/aromatic N) is 4. The maximum atomic E-state index is 5.40. The molecule has 0 saturated heterocycles. The van der Waals surface area contributed by atoms with Crippen molar-refractivity contribution in [2.24, 2.45) is 0 Å². The van der Waals surface area contributed by atoms with E-state index in [1.165, 1.54) is 41.9 Å². The van der Waals surface area contributed by atoms with Crippen LogP contribution in [-0.4, -0.2) is 19.5 Å². The van der Waals surface area contributed by atoms with E-state index in [2.05, 4.69) is 187 Å². The van der Waals surface area contributed by atoms with Crippen LogP contribution in [0.25, 0.3) is 114 Å². The molecule has 3 aromatic heterocycles. The Labute approximate surface area is 325 Å². The molecule has 56 heavy (non-hydrogen) atoms. The van der Waals surface area contributed by atoms with E-state index < -0.39 is 0 Å². The number of thiophene rings is 1. The standard InChI is InChI=1S/C51H30N4S/c1-3-13-33-27-37(25-23-31(33)11-1)49-52-50(38-26-24-32-12-2-4-14-34(32)28-38)54-51(53-49)55-45-30-36-16-6-5-15-35(36)29-44(45)41-19-9-18-40(47(41)55)43-21-10-20-42-39-17-7-8-22-46(39)56-48(42)43/h1-30H. The Morgan fingerprint density at radius 3 is 1.59 bits per heavy atom. The van der Waals surface area contributed by atoms with Gasteiger partial charge in [-0.15, -0.1) is 11.3 Å². The van der Waals surface area contributed by atoms with Crippen LogP contribution in [0.15, 0.2) is 182 Å². The molecule has 0 amide bonds. The van der Waals surface area contributed by atoms with Crippen molar-refractivity contribution in [1.82, 2.24) is 19.5 Å². The highest BCUT2D eigenvalue weighted by Crippen LogP contribution is 2.45. The molecule has 0 bridgehead atoms. The number of hydrogen-bond donors (Lipinski definition) is 0. The van der Waals surface area contributed by atoms with Crippen LogP contribution in [0, 0.1) is 0 Å². The number of rotatable bonds is 4. The summed E-state index contributed by atoms with van der Waals surface area (Å²) in [5, 5.41) is 11.9. The Hall–Kier alpha value is -7.21. The maximum Gasteiger partial charge on any atom is 0.238 e. The highest BCUT2D eigenvalue weighted by atomic mass is 32.1. The average molecular weight is 731 g/mol. The number of fused-ring (bicyclic) bond motifs is 9. The van der Waals surface area contributed by atoms with Gasteiger partial charge in [0, 0.05) is 53.2 Å². The van der Waals surface area contributed by atoms with Crippen molar-refractivity contribution in [3.8, 4) is 39.9 Å². The van der Waals surface area contributed by atoms with Crippen LogP contribution in [-0.2, 0) is 0 Å². The molecule has 4 nitrogen and oxygen atoms in total. The van der Waals surface area contributed by atoms with Gasteiger partial charge in [-0.1, -0.05) is 152 Å². The Morgan fingerprint density at radius 2 is 0.911 bits per heavy atom. The van der Waals surface area contributed by atoms with Crippen LogP contribution in [0.5, 0.6) is 0 Å². The highest BCUT2D eigenvalue weighted by molar-refractivity contribution is 7.26. The summed E-state index contributed by atoms with van der Waals surface area (Å²) in [5.74, 6) is 1.84. The molecule has 0 N–H and O–H groups in total. The van der Waals surface area contributed by atoms with Crippen LogP contribution >= 0.6 is 11.3 Å². The van der Waals surface area contributed by atoms with Gasteiger partial charge in [-0.25, -0.2) is 4.98 Å². The quantitative estimate of drug-likeness (QED) is 0.181. The SMILES string of the molecule is c1ccc2cc(-c3nc(-c4ccc5ccccc5c4)nc(-n4c5cc6ccccc6cc5c5cccc(-c6cccc7c6sc6ccccc67)c54)n3)ccc2c1. The summed E-state index contributed by atoms with van der Waals surface area (Å²) in [6.45, 7) is 0. The average Bonchev–Trinajstić information content (AvgIpc) is 3.81. The fourth-order valence-corrected chi connectivity index (χ4v) is 9.75. The first-order chi connectivity index (χ1) is 27.7. The van der Waals surface area contributed by atoms with Gasteiger partial charge in [-0.3, -0.25) is 4.57 Å². The second-order valence-electron chi connectivity index (χ2n) is 14.4. The van der Waals surface area contributed by atoms with Crippen molar-refractivity contribution in [1.29, 1.82) is 0 Å². The normalized spacial score (nSPS) is 11.9. The lowest BCUT2D eigenvalue weighted by atomic mass is 9.99. The Bertz CT molecular complexity index is 3460. The molecule has 0 fully saturated rings. The lowest BCUT2D eigenvalue weighted by Crippen LogP contribution is -2.07. The second kappa shape index (κ2) is 12.2. The minimum Gasteiger partial charge on any atom is -0.277 e. The molecule has 0 radical (unpaired) electrons. The molecule has 0 spiro atoms. The van der Waals surface area contributed by atoms with E-state index in [1.54, 1.807) is 0 Å². The molecule has 0 aliphatic heterocycles. The highest BCUT2D eigenvalue weighted by Gasteiger charge is 2.22. The van der Waals surface area contributed by atoms with Crippen molar-refractivity contribution in [3.05, 3.63) is 182 Å². The molecule has 9 aromatic carbocycles. The van der Waals surface area contributed by atoms with E-state index in [4.69, 9.17) is 15.0 Å². The maximum absolute atomic E-state index is 5.40. The molecule has 12 aromatic rings. The Morgan fingerprint density at radius 1 is 0.375 bits per heavy atom. The summed E-state index contributed by atoms with van der Waals surface area (Å²) in [7, 11) is 0. The number of benzene rings is 9. The largest absolute Gasteiger partial charge is 0.277 e. The monoisotopic (exact) mass is 730 g/mol. The third-order valence-corrected chi connectivity index (χ3v) is 12.4. The molecule has 12 rings (SSSR count). The van der Waals surface area contributed by atoms with Gasteiger partial charge in [0.25, 0.3) is 0 Å². The summed E-state index contributed by atoms with van der Waals surface area (Å²) >= 11 is 1.85. The molecule has 0 atom stereocenters. The minimum atomic E-state index is 0.581. The van der Waals surface area contributed by atoms with Gasteiger partial charge in [0.1, 0.15) is 0 Å². The fraction of sp³-hybridized carbons (Fsp3) is 0. The summed E-state index contributed by atoms with van der Waals surface area (Å²) in [5.41, 5.74) is 6.34. The third kappa shape index (κ3) is 4.81. The van der Waals surface area contributed by atoms with Crippen molar-refractivity contribution in [2.45, 2.75) is 0 Å². The van der Waals surface area contributed by atoms with E-state index in [0.717, 1.165) is 54.7 Å². The van der Waals surface area contributed by atoms with Gasteiger partial charge in [0.15, 0.2) is 11.6 Å². The third-order valence-electron chi connectivity index (χ3n) is 11.2. The Kier molecular flexibility index (Phi) is 6.76. The first kappa shape index (κ1) is 31.2. The van der Waals surface area contributed by atoms with Crippen LogP contribution in [0.1, 0.15) is 0 Å². The number of para-hydroxylation sites is 1. The predicted octanol–water partition coefficient (Wildman–Crippen LogP) is 13.8. The van der Waals surface area contributed by atoms with Gasteiger partial charge >= 0.3 is 0 Å². The Balaban J connectivity index is 1.21. The molecule has 3 heterocycles. The van der Waals surface area contributed by atoms with Gasteiger partial charge in [-0.2, -0.15) is 9.97 Å². The molecule has 260 valence electrons. The number of hydrogen-bond acceptors (Lipinski definition) is 4. The van der Waals surface area contributed by atoms with Gasteiger partial charge in [0.05, 0.1) is 11.0 Å². The van der Waals surface area contributed by atoms with E-state index in [0.29, 0.717) is 17.6 Å². The van der Waals surface area contributed by atoms with Crippen molar-refractivity contribution in [2.75, 3.05) is 0 Å². The summed E-state index contributed by atoms with van der Waals surface area (Å²) in [6, 6.07) is 65.1. The number of aromatic nitrogens is 4. The topological polar surface area (TPSA) is 43.6 Å². The molecule has 0 unspecified atom stereocenters. The zero-order valence-corrected chi connectivity index (χ0v) is 30.8. The van der Waals surface area contributed by atoms with Gasteiger partial charge < -0.3 is 0 Å². The molecular weight excluding hydrogens is 701 g/mol. The van der Waals surface area contributed by atoms with E-state index >= 15 is 0 Å². The lowest BCUT2D eigenvalue weighted by Gasteiger charge is -2.14. The fourth-order valence-electron chi connectivity index (χ4n) is 8.52. The van der Waals surface area contributed by atoms with Crippen LogP contribution in [0.3, 0.4) is 0 Å². The van der Waals surface area contributed by atoms with E-state index in [-0.39, 0.29) is 0 Å². The molecule has 0 saturated carbocycles. The first-order valence-electron chi connectivity index (χ1n) is 18.8. The summed E-state index contributed by atoms with van der Waals surface area (Å²) in [6.07, 6.45) is 0. The zero-order chi connectivity index (χ0) is 36.7. The zero-order valence-electron chi connectivity index (χ0n) is 30.0. The van der Waals surface area contributed by atoms with E-state index in [9.17, 15) is 0 Å². The molecule has 0 aliphatic carbocycles. The van der Waals surface area contributed by atoms with Crippen molar-refractivity contribution < 1.29 is 0 Å². The van der Waals surface area contributed by atoms with Crippen LogP contribution in [0.2, 0.25) is 0 Å². The molecule has 5 heteroatoms. The van der Waals surface area contributed by atoms with Gasteiger partial charge in [0.2, 0.25) is 5.95 Å². The molecule has 0 aliphatic rings. The summed E-state index contributed by atoms with van der Waals surface area (Å²) in [4.78, 5) is 16.0. The lowest BCUT2D eigenvalue weighted by molar-refractivity contribution is 0.954.